The van der Waals surface area contributed by atoms with Crippen LogP contribution in [-0.4, -0.2) is 36.9 Å². The van der Waals surface area contributed by atoms with Crippen LogP contribution in [0.5, 0.6) is 5.75 Å². The third kappa shape index (κ3) is 2.61. The minimum absolute atomic E-state index is 0.457. The predicted molar refractivity (Wildman–Crippen MR) is 100 cm³/mol. The van der Waals surface area contributed by atoms with Crippen molar-refractivity contribution in [2.45, 2.75) is 13.5 Å². The van der Waals surface area contributed by atoms with Gasteiger partial charge in [0.05, 0.1) is 31.4 Å². The summed E-state index contributed by atoms with van der Waals surface area (Å²) < 4.78 is 7.88. The standard InChI is InChI=1S/C18H17ClN6O/c1-4-25-10-14(13-8-16(19)20-9-15(13)25)11-6-5-7-12(17(11)26-3)18-21-23-24(2)22-18/h5-10H,4H2,1-3H3. The van der Waals surface area contributed by atoms with E-state index in [1.807, 2.05) is 24.3 Å². The summed E-state index contributed by atoms with van der Waals surface area (Å²) in [6.07, 6.45) is 3.89. The average molecular weight is 369 g/mol. The molecule has 1 aromatic carbocycles. The van der Waals surface area contributed by atoms with Gasteiger partial charge in [-0.2, -0.15) is 4.80 Å². The maximum absolute atomic E-state index is 6.15. The number of tetrazole rings is 1. The zero-order valence-corrected chi connectivity index (χ0v) is 15.4. The minimum Gasteiger partial charge on any atom is -0.495 e. The van der Waals surface area contributed by atoms with Crippen LogP contribution in [0.25, 0.3) is 33.4 Å². The number of methoxy groups -OCH3 is 1. The van der Waals surface area contributed by atoms with E-state index < -0.39 is 0 Å². The average Bonchev–Trinajstić information content (AvgIpc) is 3.24. The van der Waals surface area contributed by atoms with Crippen LogP contribution in [0.4, 0.5) is 0 Å². The van der Waals surface area contributed by atoms with E-state index in [2.05, 4.69) is 38.1 Å². The van der Waals surface area contributed by atoms with Gasteiger partial charge in [0, 0.05) is 29.3 Å². The molecule has 7 nitrogen and oxygen atoms in total. The van der Waals surface area contributed by atoms with Crippen LogP contribution in [0.15, 0.2) is 36.7 Å². The van der Waals surface area contributed by atoms with Gasteiger partial charge in [-0.05, 0) is 24.3 Å². The molecular formula is C18H17ClN6O. The first kappa shape index (κ1) is 16.5. The first-order valence-corrected chi connectivity index (χ1v) is 8.56. The largest absolute Gasteiger partial charge is 0.495 e. The maximum atomic E-state index is 6.15. The molecule has 4 rings (SSSR count). The summed E-state index contributed by atoms with van der Waals surface area (Å²) in [5.41, 5.74) is 3.78. The predicted octanol–water partition coefficient (Wildman–Crippen LogP) is 3.58. The summed E-state index contributed by atoms with van der Waals surface area (Å²) in [6.45, 7) is 2.92. The number of aromatic nitrogens is 6. The van der Waals surface area contributed by atoms with E-state index in [1.54, 1.807) is 20.4 Å². The molecule has 0 aliphatic carbocycles. The van der Waals surface area contributed by atoms with Crippen molar-refractivity contribution in [3.05, 3.63) is 41.8 Å². The van der Waals surface area contributed by atoms with E-state index >= 15 is 0 Å². The van der Waals surface area contributed by atoms with E-state index in [-0.39, 0.29) is 0 Å². The highest BCUT2D eigenvalue weighted by Crippen LogP contribution is 2.41. The Morgan fingerprint density at radius 3 is 2.69 bits per heavy atom. The Bertz CT molecular complexity index is 1100. The molecule has 0 amide bonds. The van der Waals surface area contributed by atoms with Crippen LogP contribution in [0.3, 0.4) is 0 Å². The number of aryl methyl sites for hydroxylation is 2. The summed E-state index contributed by atoms with van der Waals surface area (Å²) in [7, 11) is 3.38. The molecule has 0 aliphatic rings. The minimum atomic E-state index is 0.457. The van der Waals surface area contributed by atoms with Crippen molar-refractivity contribution < 1.29 is 4.74 Å². The molecule has 8 heteroatoms. The lowest BCUT2D eigenvalue weighted by Gasteiger charge is -2.11. The topological polar surface area (TPSA) is 70.7 Å². The number of nitrogens with zero attached hydrogens (tertiary/aromatic N) is 6. The second-order valence-electron chi connectivity index (χ2n) is 5.84. The molecule has 3 aromatic heterocycles. The van der Waals surface area contributed by atoms with Crippen LogP contribution in [0.2, 0.25) is 5.15 Å². The number of rotatable bonds is 4. The molecule has 26 heavy (non-hydrogen) atoms. The van der Waals surface area contributed by atoms with Gasteiger partial charge in [0.15, 0.2) is 0 Å². The van der Waals surface area contributed by atoms with Gasteiger partial charge in [-0.1, -0.05) is 23.7 Å². The highest BCUT2D eigenvalue weighted by molar-refractivity contribution is 6.30. The van der Waals surface area contributed by atoms with Gasteiger partial charge in [0.1, 0.15) is 10.9 Å². The Balaban J connectivity index is 1.99. The van der Waals surface area contributed by atoms with Gasteiger partial charge in [-0.25, -0.2) is 4.98 Å². The summed E-state index contributed by atoms with van der Waals surface area (Å²) in [5, 5.41) is 13.8. The van der Waals surface area contributed by atoms with Gasteiger partial charge in [-0.3, -0.25) is 0 Å². The Labute approximate surface area is 155 Å². The lowest BCUT2D eigenvalue weighted by Crippen LogP contribution is -1.94. The molecule has 4 aromatic rings. The molecule has 0 saturated carbocycles. The van der Waals surface area contributed by atoms with Gasteiger partial charge >= 0.3 is 0 Å². The van der Waals surface area contributed by atoms with Crippen molar-refractivity contribution in [2.24, 2.45) is 7.05 Å². The molecule has 0 saturated heterocycles. The zero-order valence-electron chi connectivity index (χ0n) is 14.6. The van der Waals surface area contributed by atoms with Crippen LogP contribution in [0, 0.1) is 0 Å². The molecule has 0 fully saturated rings. The Morgan fingerprint density at radius 1 is 1.19 bits per heavy atom. The molecule has 0 N–H and O–H groups in total. The summed E-state index contributed by atoms with van der Waals surface area (Å²) in [4.78, 5) is 5.64. The van der Waals surface area contributed by atoms with Crippen molar-refractivity contribution in [3.8, 4) is 28.3 Å². The highest BCUT2D eigenvalue weighted by atomic mass is 35.5. The Morgan fingerprint density at radius 2 is 2.00 bits per heavy atom. The normalized spacial score (nSPS) is 11.2. The van der Waals surface area contributed by atoms with E-state index in [0.29, 0.717) is 16.7 Å². The van der Waals surface area contributed by atoms with Gasteiger partial charge in [-0.15, -0.1) is 10.2 Å². The molecule has 0 radical (unpaired) electrons. The zero-order chi connectivity index (χ0) is 18.3. The van der Waals surface area contributed by atoms with Crippen molar-refractivity contribution in [1.29, 1.82) is 0 Å². The van der Waals surface area contributed by atoms with E-state index in [0.717, 1.165) is 34.1 Å². The molecule has 0 aliphatic heterocycles. The van der Waals surface area contributed by atoms with Gasteiger partial charge in [0.25, 0.3) is 0 Å². The molecule has 0 spiro atoms. The van der Waals surface area contributed by atoms with E-state index in [4.69, 9.17) is 16.3 Å². The van der Waals surface area contributed by atoms with Gasteiger partial charge in [0.2, 0.25) is 5.82 Å². The van der Waals surface area contributed by atoms with Crippen LogP contribution in [0.1, 0.15) is 6.92 Å². The van der Waals surface area contributed by atoms with Crippen molar-refractivity contribution in [2.75, 3.05) is 7.11 Å². The summed E-state index contributed by atoms with van der Waals surface area (Å²) in [6, 6.07) is 7.78. The number of halogens is 1. The molecular weight excluding hydrogens is 352 g/mol. The fraction of sp³-hybridized carbons (Fsp3) is 0.222. The lowest BCUT2D eigenvalue weighted by atomic mass is 10.0. The first-order valence-electron chi connectivity index (χ1n) is 8.18. The molecule has 3 heterocycles. The highest BCUT2D eigenvalue weighted by Gasteiger charge is 2.19. The fourth-order valence-corrected chi connectivity index (χ4v) is 3.33. The summed E-state index contributed by atoms with van der Waals surface area (Å²) in [5.74, 6) is 1.22. The smallest absolute Gasteiger partial charge is 0.208 e. The molecule has 0 unspecified atom stereocenters. The monoisotopic (exact) mass is 368 g/mol. The van der Waals surface area contributed by atoms with Crippen molar-refractivity contribution >= 4 is 22.5 Å². The van der Waals surface area contributed by atoms with E-state index in [9.17, 15) is 0 Å². The first-order chi connectivity index (χ1) is 12.6. The number of ether oxygens (including phenoxy) is 1. The van der Waals surface area contributed by atoms with E-state index in [1.165, 1.54) is 4.80 Å². The van der Waals surface area contributed by atoms with Crippen LogP contribution < -0.4 is 4.74 Å². The fourth-order valence-electron chi connectivity index (χ4n) is 3.18. The molecule has 0 atom stereocenters. The second kappa shape index (κ2) is 6.42. The Kier molecular flexibility index (Phi) is 4.08. The number of fused-ring (bicyclic) bond motifs is 1. The van der Waals surface area contributed by atoms with Crippen molar-refractivity contribution in [1.82, 2.24) is 29.8 Å². The van der Waals surface area contributed by atoms with Crippen LogP contribution >= 0.6 is 11.6 Å². The third-order valence-electron chi connectivity index (χ3n) is 4.33. The van der Waals surface area contributed by atoms with Crippen LogP contribution in [-0.2, 0) is 13.6 Å². The van der Waals surface area contributed by atoms with Crippen molar-refractivity contribution in [3.63, 3.8) is 0 Å². The SMILES string of the molecule is CCn1cc(-c2cccc(-c3nnn(C)n3)c2OC)c2cc(Cl)ncc21. The second-order valence-corrected chi connectivity index (χ2v) is 6.23. The number of hydrogen-bond donors (Lipinski definition) is 0. The maximum Gasteiger partial charge on any atom is 0.208 e. The number of hydrogen-bond acceptors (Lipinski definition) is 5. The Hall–Kier alpha value is -2.93. The number of para-hydroxylation sites is 1. The third-order valence-corrected chi connectivity index (χ3v) is 4.54. The summed E-state index contributed by atoms with van der Waals surface area (Å²) >= 11 is 6.15. The van der Waals surface area contributed by atoms with Gasteiger partial charge < -0.3 is 9.30 Å². The quantitative estimate of drug-likeness (QED) is 0.515. The number of benzene rings is 1. The molecule has 0 bridgehead atoms. The number of pyridine rings is 1. The molecule has 132 valence electrons. The lowest BCUT2D eigenvalue weighted by molar-refractivity contribution is 0.418.